The minimum Gasteiger partial charge on any atom is -0.356 e. The number of anilines is 1. The summed E-state index contributed by atoms with van der Waals surface area (Å²) in [6, 6.07) is 14.6. The van der Waals surface area contributed by atoms with Gasteiger partial charge in [-0.25, -0.2) is 0 Å². The van der Waals surface area contributed by atoms with Gasteiger partial charge in [0.1, 0.15) is 0 Å². The third-order valence-corrected chi connectivity index (χ3v) is 4.19. The second-order valence-electron chi connectivity index (χ2n) is 6.80. The molecule has 2 aromatic carbocycles. The molecule has 0 bridgehead atoms. The Bertz CT molecular complexity index is 767. The lowest BCUT2D eigenvalue weighted by Gasteiger charge is -2.12. The van der Waals surface area contributed by atoms with Crippen LogP contribution in [0.4, 0.5) is 5.69 Å². The molecule has 152 valence electrons. The van der Waals surface area contributed by atoms with E-state index in [1.54, 1.807) is 7.05 Å². The summed E-state index contributed by atoms with van der Waals surface area (Å²) in [5.74, 6) is 0.759. The predicted octanol–water partition coefficient (Wildman–Crippen LogP) is 3.83. The van der Waals surface area contributed by atoms with Crippen molar-refractivity contribution in [3.63, 3.8) is 0 Å². The smallest absolute Gasteiger partial charge is 0.221 e. The van der Waals surface area contributed by atoms with E-state index >= 15 is 0 Å². The average molecular weight is 494 g/mol. The largest absolute Gasteiger partial charge is 0.356 e. The molecular weight excluding hydrogens is 463 g/mol. The molecule has 6 heteroatoms. The topological polar surface area (TPSA) is 65.5 Å². The van der Waals surface area contributed by atoms with Crippen LogP contribution < -0.4 is 16.0 Å². The summed E-state index contributed by atoms with van der Waals surface area (Å²) in [4.78, 5) is 15.3. The molecule has 0 saturated heterocycles. The number of hydrogen-bond donors (Lipinski definition) is 3. The molecule has 0 aromatic heterocycles. The fourth-order valence-electron chi connectivity index (χ4n) is 3.04. The second-order valence-corrected chi connectivity index (χ2v) is 6.80. The van der Waals surface area contributed by atoms with Gasteiger partial charge in [-0.15, -0.1) is 24.0 Å². The highest BCUT2D eigenvalue weighted by Gasteiger charge is 2.01. The molecule has 2 rings (SSSR count). The lowest BCUT2D eigenvalue weighted by atomic mass is 10.1. The molecule has 0 spiro atoms. The standard InChI is InChI=1S/C22H30N4O.HI/c1-16-13-17(2)15-20(14-16)10-12-25-22(23-4)24-11-9-19-5-7-21(8-6-19)26-18(3)27;/h5-8,13-15H,9-12H2,1-4H3,(H,26,27)(H2,23,24,25);1H. The van der Waals surface area contributed by atoms with Crippen molar-refractivity contribution in [2.75, 3.05) is 25.5 Å². The molecule has 0 aliphatic rings. The van der Waals surface area contributed by atoms with Crippen LogP contribution in [0, 0.1) is 13.8 Å². The van der Waals surface area contributed by atoms with Gasteiger partial charge in [0.2, 0.25) is 5.91 Å². The van der Waals surface area contributed by atoms with E-state index in [0.717, 1.165) is 37.6 Å². The second kappa shape index (κ2) is 12.4. The highest BCUT2D eigenvalue weighted by molar-refractivity contribution is 14.0. The number of rotatable bonds is 7. The molecule has 0 heterocycles. The summed E-state index contributed by atoms with van der Waals surface area (Å²) >= 11 is 0. The van der Waals surface area contributed by atoms with Gasteiger partial charge in [-0.2, -0.15) is 0 Å². The minimum atomic E-state index is -0.0554. The number of guanidine groups is 1. The number of benzene rings is 2. The van der Waals surface area contributed by atoms with Gasteiger partial charge in [-0.3, -0.25) is 9.79 Å². The zero-order valence-corrected chi connectivity index (χ0v) is 19.5. The summed E-state index contributed by atoms with van der Waals surface area (Å²) < 4.78 is 0. The Balaban J connectivity index is 0.00000392. The van der Waals surface area contributed by atoms with E-state index in [-0.39, 0.29) is 29.9 Å². The molecule has 0 fully saturated rings. The van der Waals surface area contributed by atoms with Crippen molar-refractivity contribution in [3.8, 4) is 0 Å². The molecule has 0 saturated carbocycles. The summed E-state index contributed by atoms with van der Waals surface area (Å²) in [6.45, 7) is 7.41. The fraction of sp³-hybridized carbons (Fsp3) is 0.364. The fourth-order valence-corrected chi connectivity index (χ4v) is 3.04. The minimum absolute atomic E-state index is 0. The molecular formula is C22H31IN4O. The van der Waals surface area contributed by atoms with E-state index in [1.807, 2.05) is 24.3 Å². The third kappa shape index (κ3) is 8.73. The SMILES string of the molecule is CN=C(NCCc1ccc(NC(C)=O)cc1)NCCc1cc(C)cc(C)c1.I. The normalized spacial score (nSPS) is 10.8. The summed E-state index contributed by atoms with van der Waals surface area (Å²) in [7, 11) is 1.79. The van der Waals surface area contributed by atoms with Crippen LogP contribution in [0.3, 0.4) is 0 Å². The Morgan fingerprint density at radius 2 is 1.43 bits per heavy atom. The van der Waals surface area contributed by atoms with E-state index in [0.29, 0.717) is 0 Å². The van der Waals surface area contributed by atoms with Gasteiger partial charge in [0.05, 0.1) is 0 Å². The summed E-state index contributed by atoms with van der Waals surface area (Å²) in [5, 5.41) is 9.48. The maximum Gasteiger partial charge on any atom is 0.221 e. The van der Waals surface area contributed by atoms with Crippen molar-refractivity contribution in [2.45, 2.75) is 33.6 Å². The van der Waals surface area contributed by atoms with Crippen LogP contribution in [0.1, 0.15) is 29.2 Å². The number of nitrogens with one attached hydrogen (secondary N) is 3. The van der Waals surface area contributed by atoms with Crippen LogP contribution in [-0.4, -0.2) is 32.0 Å². The average Bonchev–Trinajstić information content (AvgIpc) is 2.60. The Kier molecular flexibility index (Phi) is 10.6. The molecule has 5 nitrogen and oxygen atoms in total. The Labute approximate surface area is 185 Å². The van der Waals surface area contributed by atoms with Gasteiger partial charge in [0.15, 0.2) is 5.96 Å². The third-order valence-electron chi connectivity index (χ3n) is 4.19. The number of hydrogen-bond acceptors (Lipinski definition) is 2. The first kappa shape index (κ1) is 23.9. The molecule has 28 heavy (non-hydrogen) atoms. The molecule has 1 amide bonds. The van der Waals surface area contributed by atoms with Crippen LogP contribution in [0.25, 0.3) is 0 Å². The lowest BCUT2D eigenvalue weighted by molar-refractivity contribution is -0.114. The van der Waals surface area contributed by atoms with Crippen LogP contribution >= 0.6 is 24.0 Å². The Morgan fingerprint density at radius 3 is 1.93 bits per heavy atom. The van der Waals surface area contributed by atoms with Crippen molar-refractivity contribution in [1.29, 1.82) is 0 Å². The molecule has 2 aromatic rings. The number of halogens is 1. The van der Waals surface area contributed by atoms with Crippen LogP contribution in [0.5, 0.6) is 0 Å². The van der Waals surface area contributed by atoms with E-state index in [4.69, 9.17) is 0 Å². The van der Waals surface area contributed by atoms with Crippen molar-refractivity contribution < 1.29 is 4.79 Å². The van der Waals surface area contributed by atoms with Crippen molar-refractivity contribution in [1.82, 2.24) is 10.6 Å². The van der Waals surface area contributed by atoms with Gasteiger partial charge in [-0.05, 0) is 49.9 Å². The van der Waals surface area contributed by atoms with Gasteiger partial charge in [0.25, 0.3) is 0 Å². The predicted molar refractivity (Wildman–Crippen MR) is 129 cm³/mol. The van der Waals surface area contributed by atoms with Gasteiger partial charge in [-0.1, -0.05) is 41.5 Å². The van der Waals surface area contributed by atoms with E-state index in [1.165, 1.54) is 29.2 Å². The highest BCUT2D eigenvalue weighted by Crippen LogP contribution is 2.10. The van der Waals surface area contributed by atoms with Crippen LogP contribution in [0.2, 0.25) is 0 Å². The Morgan fingerprint density at radius 1 is 0.893 bits per heavy atom. The maximum atomic E-state index is 11.0. The number of amides is 1. The van der Waals surface area contributed by atoms with Crippen molar-refractivity contribution >= 4 is 41.5 Å². The number of aryl methyl sites for hydroxylation is 2. The quantitative estimate of drug-likeness (QED) is 0.312. The molecule has 0 radical (unpaired) electrons. The molecule has 0 unspecified atom stereocenters. The maximum absolute atomic E-state index is 11.0. The lowest BCUT2D eigenvalue weighted by Crippen LogP contribution is -2.39. The zero-order chi connectivity index (χ0) is 19.6. The molecule has 0 aliphatic heterocycles. The van der Waals surface area contributed by atoms with Crippen molar-refractivity contribution in [3.05, 3.63) is 64.7 Å². The Hall–Kier alpha value is -2.09. The van der Waals surface area contributed by atoms with E-state index in [2.05, 4.69) is 53.0 Å². The summed E-state index contributed by atoms with van der Waals surface area (Å²) in [5.41, 5.74) is 5.98. The molecule has 0 aliphatic carbocycles. The summed E-state index contributed by atoms with van der Waals surface area (Å²) in [6.07, 6.45) is 1.85. The van der Waals surface area contributed by atoms with E-state index < -0.39 is 0 Å². The zero-order valence-electron chi connectivity index (χ0n) is 17.1. The number of carbonyl (C=O) groups excluding carboxylic acids is 1. The van der Waals surface area contributed by atoms with Crippen LogP contribution in [0.15, 0.2) is 47.5 Å². The first-order valence-electron chi connectivity index (χ1n) is 9.34. The first-order chi connectivity index (χ1) is 13.0. The van der Waals surface area contributed by atoms with Crippen molar-refractivity contribution in [2.24, 2.45) is 4.99 Å². The highest BCUT2D eigenvalue weighted by atomic mass is 127. The van der Waals surface area contributed by atoms with Crippen LogP contribution in [-0.2, 0) is 17.6 Å². The monoisotopic (exact) mass is 494 g/mol. The number of carbonyl (C=O) groups is 1. The molecule has 3 N–H and O–H groups in total. The van der Waals surface area contributed by atoms with Gasteiger partial charge >= 0.3 is 0 Å². The van der Waals surface area contributed by atoms with Gasteiger partial charge < -0.3 is 16.0 Å². The first-order valence-corrected chi connectivity index (χ1v) is 9.34. The molecule has 0 atom stereocenters. The number of nitrogens with zero attached hydrogens (tertiary/aromatic N) is 1. The number of aliphatic imine (C=N–C) groups is 1. The van der Waals surface area contributed by atoms with Gasteiger partial charge in [0, 0.05) is 32.7 Å². The van der Waals surface area contributed by atoms with E-state index in [9.17, 15) is 4.79 Å².